The third kappa shape index (κ3) is 4.47. The number of hydrogen-bond acceptors (Lipinski definition) is 8. The van der Waals surface area contributed by atoms with Crippen LogP contribution in [0.2, 0.25) is 0 Å². The van der Waals surface area contributed by atoms with Gasteiger partial charge >= 0.3 is 0 Å². The predicted octanol–water partition coefficient (Wildman–Crippen LogP) is 4.20. The van der Waals surface area contributed by atoms with Crippen molar-refractivity contribution in [3.63, 3.8) is 0 Å². The van der Waals surface area contributed by atoms with E-state index in [1.54, 1.807) is 54.9 Å². The molecule has 30 heavy (non-hydrogen) atoms. The fourth-order valence-electron chi connectivity index (χ4n) is 2.77. The molecule has 8 nitrogen and oxygen atoms in total. The number of fused-ring (bicyclic) bond motifs is 1. The number of ketones is 1. The van der Waals surface area contributed by atoms with Crippen molar-refractivity contribution >= 4 is 29.3 Å². The summed E-state index contributed by atoms with van der Waals surface area (Å²) >= 11 is 1.10. The number of ether oxygens (including phenoxy) is 2. The van der Waals surface area contributed by atoms with Gasteiger partial charge < -0.3 is 9.47 Å². The van der Waals surface area contributed by atoms with Gasteiger partial charge in [0.25, 0.3) is 5.69 Å². The van der Waals surface area contributed by atoms with E-state index in [0.717, 1.165) is 11.8 Å². The van der Waals surface area contributed by atoms with Crippen LogP contribution in [0.3, 0.4) is 0 Å². The van der Waals surface area contributed by atoms with Gasteiger partial charge in [0.15, 0.2) is 22.4 Å². The largest absolute Gasteiger partial charge is 0.486 e. The second kappa shape index (κ2) is 8.75. The summed E-state index contributed by atoms with van der Waals surface area (Å²) < 4.78 is 10.9. The highest BCUT2D eigenvalue weighted by molar-refractivity contribution is 7.99. The zero-order valence-corrected chi connectivity index (χ0v) is 16.4. The molecule has 2 aromatic carbocycles. The molecule has 0 aliphatic carbocycles. The van der Waals surface area contributed by atoms with E-state index in [1.165, 1.54) is 12.1 Å². The Morgan fingerprint density at radius 3 is 2.60 bits per heavy atom. The van der Waals surface area contributed by atoms with Gasteiger partial charge in [-0.1, -0.05) is 12.1 Å². The van der Waals surface area contributed by atoms with Gasteiger partial charge in [0, 0.05) is 24.0 Å². The normalized spacial score (nSPS) is 12.7. The first-order valence-electron chi connectivity index (χ1n) is 8.95. The number of nitro groups is 1. The molecule has 3 aromatic rings. The van der Waals surface area contributed by atoms with Gasteiger partial charge in [0.1, 0.15) is 13.2 Å². The fourth-order valence-corrected chi connectivity index (χ4v) is 3.57. The van der Waals surface area contributed by atoms with Crippen LogP contribution in [0.15, 0.2) is 71.0 Å². The number of hydrogen-bond donors (Lipinski definition) is 0. The summed E-state index contributed by atoms with van der Waals surface area (Å²) in [6, 6.07) is 11.4. The van der Waals surface area contributed by atoms with Crippen LogP contribution in [0.4, 0.5) is 5.69 Å². The number of carbonyl (C=O) groups is 1. The van der Waals surface area contributed by atoms with Crippen LogP contribution < -0.4 is 9.47 Å². The Labute approximate surface area is 175 Å². The minimum atomic E-state index is -0.467. The molecule has 0 radical (unpaired) electrons. The van der Waals surface area contributed by atoms with Crippen LogP contribution in [0.5, 0.6) is 11.5 Å². The molecule has 1 aliphatic heterocycles. The van der Waals surface area contributed by atoms with Gasteiger partial charge in [-0.15, -0.1) is 0 Å². The molecule has 0 spiro atoms. The molecule has 0 saturated heterocycles. The Morgan fingerprint density at radius 2 is 1.83 bits per heavy atom. The molecule has 0 saturated carbocycles. The van der Waals surface area contributed by atoms with Gasteiger partial charge in [-0.25, -0.2) is 9.97 Å². The molecule has 150 valence electrons. The van der Waals surface area contributed by atoms with E-state index in [4.69, 9.17) is 9.47 Å². The van der Waals surface area contributed by atoms with E-state index in [2.05, 4.69) is 9.97 Å². The van der Waals surface area contributed by atoms with E-state index in [-0.39, 0.29) is 11.5 Å². The molecule has 9 heteroatoms. The number of allylic oxidation sites excluding steroid dienone is 1. The van der Waals surface area contributed by atoms with Crippen LogP contribution in [0.1, 0.15) is 15.9 Å². The van der Waals surface area contributed by atoms with E-state index in [9.17, 15) is 14.9 Å². The zero-order valence-electron chi connectivity index (χ0n) is 15.6. The van der Waals surface area contributed by atoms with Crippen molar-refractivity contribution in [2.75, 3.05) is 13.2 Å². The molecule has 2 heterocycles. The molecule has 0 atom stereocenters. The van der Waals surface area contributed by atoms with Crippen molar-refractivity contribution in [1.82, 2.24) is 9.97 Å². The first-order chi connectivity index (χ1) is 14.6. The summed E-state index contributed by atoms with van der Waals surface area (Å²) in [5, 5.41) is 11.9. The maximum Gasteiger partial charge on any atom is 0.283 e. The summed E-state index contributed by atoms with van der Waals surface area (Å²) in [6.07, 6.45) is 6.06. The average molecular weight is 421 g/mol. The molecular weight excluding hydrogens is 406 g/mol. The Morgan fingerprint density at radius 1 is 1.07 bits per heavy atom. The van der Waals surface area contributed by atoms with Crippen LogP contribution in [0, 0.1) is 10.1 Å². The van der Waals surface area contributed by atoms with Gasteiger partial charge in [-0.3, -0.25) is 14.9 Å². The summed E-state index contributed by atoms with van der Waals surface area (Å²) in [6.45, 7) is 0.909. The fraction of sp³-hybridized carbons (Fsp3) is 0.0952. The Kier molecular flexibility index (Phi) is 5.71. The van der Waals surface area contributed by atoms with Crippen LogP contribution in [-0.2, 0) is 0 Å². The number of rotatable bonds is 6. The predicted molar refractivity (Wildman–Crippen MR) is 110 cm³/mol. The number of carbonyl (C=O) groups excluding carboxylic acids is 1. The molecular formula is C21H15N3O5S. The minimum Gasteiger partial charge on any atom is -0.486 e. The maximum atomic E-state index is 12.5. The smallest absolute Gasteiger partial charge is 0.283 e. The zero-order chi connectivity index (χ0) is 20.9. The monoisotopic (exact) mass is 421 g/mol. The van der Waals surface area contributed by atoms with Crippen molar-refractivity contribution in [1.29, 1.82) is 0 Å². The summed E-state index contributed by atoms with van der Waals surface area (Å²) in [7, 11) is 0. The summed E-state index contributed by atoms with van der Waals surface area (Å²) in [5.74, 6) is 0.888. The van der Waals surface area contributed by atoms with Crippen LogP contribution in [0.25, 0.3) is 6.08 Å². The lowest BCUT2D eigenvalue weighted by Crippen LogP contribution is -2.15. The Hall–Kier alpha value is -3.72. The summed E-state index contributed by atoms with van der Waals surface area (Å²) in [5.41, 5.74) is 0.894. The third-order valence-electron chi connectivity index (χ3n) is 4.18. The van der Waals surface area contributed by atoms with E-state index in [0.29, 0.717) is 45.9 Å². The first-order valence-corrected chi connectivity index (χ1v) is 9.77. The molecule has 1 aromatic heterocycles. The van der Waals surface area contributed by atoms with Gasteiger partial charge in [0.05, 0.1) is 9.82 Å². The highest BCUT2D eigenvalue weighted by Crippen LogP contribution is 2.34. The van der Waals surface area contributed by atoms with Crippen molar-refractivity contribution < 1.29 is 19.2 Å². The van der Waals surface area contributed by atoms with E-state index < -0.39 is 4.92 Å². The molecule has 0 amide bonds. The van der Waals surface area contributed by atoms with Gasteiger partial charge in [0.2, 0.25) is 0 Å². The van der Waals surface area contributed by atoms with Crippen LogP contribution >= 0.6 is 11.8 Å². The highest BCUT2D eigenvalue weighted by Gasteiger charge is 2.17. The third-order valence-corrected chi connectivity index (χ3v) is 5.14. The number of nitrogens with zero attached hydrogens (tertiary/aromatic N) is 3. The summed E-state index contributed by atoms with van der Waals surface area (Å²) in [4.78, 5) is 32.1. The van der Waals surface area contributed by atoms with Crippen molar-refractivity contribution in [2.24, 2.45) is 0 Å². The Balaban J connectivity index is 1.54. The lowest BCUT2D eigenvalue weighted by atomic mass is 10.1. The van der Waals surface area contributed by atoms with Crippen molar-refractivity contribution in [3.05, 3.63) is 82.2 Å². The lowest BCUT2D eigenvalue weighted by molar-refractivity contribution is -0.387. The molecule has 0 N–H and O–H groups in total. The number of nitro benzene ring substituents is 1. The minimum absolute atomic E-state index is 0.0821. The second-order valence-electron chi connectivity index (χ2n) is 6.17. The second-order valence-corrected chi connectivity index (χ2v) is 7.18. The van der Waals surface area contributed by atoms with E-state index >= 15 is 0 Å². The standard InChI is InChI=1S/C21H15N3O5S/c25-17(15-4-6-18-19(13-15)29-11-10-28-18)5-2-14-3-7-20(16(12-14)24(26)27)30-21-22-8-1-9-23-21/h1-9,12-13H,10-11H2. The molecule has 0 unspecified atom stereocenters. The SMILES string of the molecule is O=C(C=Cc1ccc(Sc2ncccn2)c([N+](=O)[O-])c1)c1ccc2c(c1)OCCO2. The molecule has 0 fully saturated rings. The van der Waals surface area contributed by atoms with Gasteiger partial charge in [-0.2, -0.15) is 0 Å². The van der Waals surface area contributed by atoms with Crippen LogP contribution in [-0.4, -0.2) is 33.9 Å². The molecule has 1 aliphatic rings. The quantitative estimate of drug-likeness (QED) is 0.192. The van der Waals surface area contributed by atoms with Crippen molar-refractivity contribution in [3.8, 4) is 11.5 Å². The maximum absolute atomic E-state index is 12.5. The Bertz CT molecular complexity index is 1130. The lowest BCUT2D eigenvalue weighted by Gasteiger charge is -2.18. The molecule has 4 rings (SSSR count). The van der Waals surface area contributed by atoms with Crippen molar-refractivity contribution in [2.45, 2.75) is 10.1 Å². The molecule has 0 bridgehead atoms. The number of aromatic nitrogens is 2. The first kappa shape index (κ1) is 19.6. The topological polar surface area (TPSA) is 104 Å². The number of benzene rings is 2. The van der Waals surface area contributed by atoms with E-state index in [1.807, 2.05) is 0 Å². The van der Waals surface area contributed by atoms with Gasteiger partial charge in [-0.05, 0) is 53.7 Å². The average Bonchev–Trinajstić information content (AvgIpc) is 2.78. The highest BCUT2D eigenvalue weighted by atomic mass is 32.2.